The highest BCUT2D eigenvalue weighted by atomic mass is 16.7. The molecule has 0 saturated heterocycles. The van der Waals surface area contributed by atoms with Gasteiger partial charge in [-0.05, 0) is 38.8 Å². The Hall–Kier alpha value is -1.26. The van der Waals surface area contributed by atoms with Crippen LogP contribution in [0.15, 0.2) is 0 Å². The number of rotatable bonds is 18. The van der Waals surface area contributed by atoms with Crippen molar-refractivity contribution in [2.45, 2.75) is 104 Å². The first-order valence-corrected chi connectivity index (χ1v) is 10.8. The van der Waals surface area contributed by atoms with Crippen LogP contribution in [0.5, 0.6) is 0 Å². The highest BCUT2D eigenvalue weighted by Gasteiger charge is 2.31. The van der Waals surface area contributed by atoms with Crippen molar-refractivity contribution in [3.63, 3.8) is 0 Å². The molecular formula is C20H40N2O7. The summed E-state index contributed by atoms with van der Waals surface area (Å²) in [6.45, 7) is 8.74. The molecule has 0 rings (SSSR count). The SMILES string of the molecule is CCCCC(=O)OC(O)C(NCCC)OC(NCCC)C(O)OC(=O)CCCC. The van der Waals surface area contributed by atoms with E-state index in [-0.39, 0.29) is 12.8 Å². The van der Waals surface area contributed by atoms with E-state index in [0.29, 0.717) is 25.9 Å². The maximum absolute atomic E-state index is 11.8. The number of ether oxygens (including phenoxy) is 3. The van der Waals surface area contributed by atoms with Crippen molar-refractivity contribution in [1.82, 2.24) is 10.6 Å². The summed E-state index contributed by atoms with van der Waals surface area (Å²) in [5, 5.41) is 26.5. The van der Waals surface area contributed by atoms with Gasteiger partial charge in [0.15, 0.2) is 12.5 Å². The van der Waals surface area contributed by atoms with Gasteiger partial charge in [-0.15, -0.1) is 0 Å². The molecular weight excluding hydrogens is 380 g/mol. The third kappa shape index (κ3) is 13.6. The fraction of sp³-hybridized carbons (Fsp3) is 0.900. The van der Waals surface area contributed by atoms with Crippen LogP contribution >= 0.6 is 0 Å². The number of esters is 2. The first-order chi connectivity index (χ1) is 13.9. The second kappa shape index (κ2) is 17.6. The second-order valence-electron chi connectivity index (χ2n) is 6.85. The van der Waals surface area contributed by atoms with Crippen molar-refractivity contribution in [2.24, 2.45) is 0 Å². The van der Waals surface area contributed by atoms with E-state index in [1.807, 2.05) is 27.7 Å². The lowest BCUT2D eigenvalue weighted by molar-refractivity contribution is -0.245. The summed E-state index contributed by atoms with van der Waals surface area (Å²) in [7, 11) is 0. The Balaban J connectivity index is 5.02. The molecule has 0 aliphatic rings. The van der Waals surface area contributed by atoms with Gasteiger partial charge in [-0.3, -0.25) is 20.2 Å². The van der Waals surface area contributed by atoms with Gasteiger partial charge in [-0.1, -0.05) is 40.5 Å². The standard InChI is InChI=1S/C20H40N2O7/c1-5-9-11-15(23)27-19(25)17(21-13-7-3)29-18(22-14-8-4)20(26)28-16(24)12-10-6-2/h17-22,25-26H,5-14H2,1-4H3. The Morgan fingerprint density at radius 2 is 1.10 bits per heavy atom. The van der Waals surface area contributed by atoms with E-state index in [2.05, 4.69) is 10.6 Å². The summed E-state index contributed by atoms with van der Waals surface area (Å²) in [6, 6.07) is 0. The average molecular weight is 421 g/mol. The van der Waals surface area contributed by atoms with Crippen LogP contribution in [0.3, 0.4) is 0 Å². The quantitative estimate of drug-likeness (QED) is 0.194. The molecule has 0 aliphatic carbocycles. The number of hydrogen-bond donors (Lipinski definition) is 4. The maximum Gasteiger partial charge on any atom is 0.308 e. The maximum atomic E-state index is 11.8. The second-order valence-corrected chi connectivity index (χ2v) is 6.85. The number of carbonyl (C=O) groups is 2. The highest BCUT2D eigenvalue weighted by molar-refractivity contribution is 5.69. The van der Waals surface area contributed by atoms with Gasteiger partial charge in [-0.25, -0.2) is 0 Å². The summed E-state index contributed by atoms with van der Waals surface area (Å²) >= 11 is 0. The van der Waals surface area contributed by atoms with Crippen molar-refractivity contribution in [1.29, 1.82) is 0 Å². The summed E-state index contributed by atoms with van der Waals surface area (Å²) in [5.41, 5.74) is 0. The minimum atomic E-state index is -1.57. The van der Waals surface area contributed by atoms with Gasteiger partial charge >= 0.3 is 11.9 Å². The Kier molecular flexibility index (Phi) is 16.8. The average Bonchev–Trinajstić information content (AvgIpc) is 2.69. The van der Waals surface area contributed by atoms with Crippen LogP contribution in [-0.2, 0) is 23.8 Å². The van der Waals surface area contributed by atoms with Crippen molar-refractivity contribution >= 4 is 11.9 Å². The Labute approximate surface area is 174 Å². The third-order valence-corrected chi connectivity index (χ3v) is 3.98. The van der Waals surface area contributed by atoms with Crippen molar-refractivity contribution in [3.8, 4) is 0 Å². The number of hydrogen-bond acceptors (Lipinski definition) is 9. The summed E-state index contributed by atoms with van der Waals surface area (Å²) in [4.78, 5) is 23.7. The number of carbonyl (C=O) groups excluding carboxylic acids is 2. The molecule has 172 valence electrons. The molecule has 0 fully saturated rings. The van der Waals surface area contributed by atoms with E-state index in [9.17, 15) is 19.8 Å². The van der Waals surface area contributed by atoms with Gasteiger partial charge < -0.3 is 24.4 Å². The van der Waals surface area contributed by atoms with Crippen LogP contribution in [0, 0.1) is 0 Å². The first-order valence-electron chi connectivity index (χ1n) is 10.8. The zero-order valence-electron chi connectivity index (χ0n) is 18.3. The van der Waals surface area contributed by atoms with Crippen molar-refractivity contribution in [2.75, 3.05) is 13.1 Å². The normalized spacial score (nSPS) is 15.4. The largest absolute Gasteiger partial charge is 0.431 e. The number of nitrogens with one attached hydrogen (secondary N) is 2. The zero-order chi connectivity index (χ0) is 22.1. The smallest absolute Gasteiger partial charge is 0.308 e. The molecule has 0 aromatic rings. The van der Waals surface area contributed by atoms with E-state index in [1.54, 1.807) is 0 Å². The molecule has 0 aromatic heterocycles. The topological polar surface area (TPSA) is 126 Å². The third-order valence-electron chi connectivity index (χ3n) is 3.98. The lowest BCUT2D eigenvalue weighted by atomic mass is 10.2. The minimum Gasteiger partial charge on any atom is -0.431 e. The molecule has 4 unspecified atom stereocenters. The molecule has 0 amide bonds. The number of aliphatic hydroxyl groups is 2. The van der Waals surface area contributed by atoms with Gasteiger partial charge in [-0.2, -0.15) is 0 Å². The van der Waals surface area contributed by atoms with Gasteiger partial charge in [0, 0.05) is 12.8 Å². The molecule has 0 spiro atoms. The Morgan fingerprint density at radius 1 is 0.724 bits per heavy atom. The lowest BCUT2D eigenvalue weighted by Gasteiger charge is -2.31. The van der Waals surface area contributed by atoms with Crippen LogP contribution in [0.2, 0.25) is 0 Å². The van der Waals surface area contributed by atoms with E-state index in [4.69, 9.17) is 14.2 Å². The summed E-state index contributed by atoms with van der Waals surface area (Å²) < 4.78 is 15.8. The predicted molar refractivity (Wildman–Crippen MR) is 108 cm³/mol. The number of aliphatic hydroxyl groups excluding tert-OH is 2. The first kappa shape index (κ1) is 27.7. The van der Waals surface area contributed by atoms with Crippen molar-refractivity contribution in [3.05, 3.63) is 0 Å². The molecule has 9 nitrogen and oxygen atoms in total. The predicted octanol–water partition coefficient (Wildman–Crippen LogP) is 1.76. The monoisotopic (exact) mass is 420 g/mol. The van der Waals surface area contributed by atoms with Gasteiger partial charge in [0.1, 0.15) is 0 Å². The fourth-order valence-electron chi connectivity index (χ4n) is 2.32. The Morgan fingerprint density at radius 3 is 1.41 bits per heavy atom. The van der Waals surface area contributed by atoms with E-state index in [0.717, 1.165) is 25.7 Å². The van der Waals surface area contributed by atoms with Crippen LogP contribution in [0.4, 0.5) is 0 Å². The summed E-state index contributed by atoms with van der Waals surface area (Å²) in [5.74, 6) is -1.06. The molecule has 4 N–H and O–H groups in total. The van der Waals surface area contributed by atoms with E-state index >= 15 is 0 Å². The Bertz CT molecular complexity index is 399. The number of unbranched alkanes of at least 4 members (excludes halogenated alkanes) is 2. The van der Waals surface area contributed by atoms with Crippen LogP contribution in [-0.4, -0.2) is 60.3 Å². The van der Waals surface area contributed by atoms with E-state index in [1.165, 1.54) is 0 Å². The molecule has 29 heavy (non-hydrogen) atoms. The van der Waals surface area contributed by atoms with Crippen LogP contribution in [0.1, 0.15) is 79.1 Å². The zero-order valence-corrected chi connectivity index (χ0v) is 18.3. The van der Waals surface area contributed by atoms with Crippen LogP contribution in [0.25, 0.3) is 0 Å². The van der Waals surface area contributed by atoms with Gasteiger partial charge in [0.2, 0.25) is 12.6 Å². The molecule has 0 bridgehead atoms. The summed E-state index contributed by atoms with van der Waals surface area (Å²) in [6.07, 6.45) is -0.464. The van der Waals surface area contributed by atoms with Gasteiger partial charge in [0.05, 0.1) is 0 Å². The minimum absolute atomic E-state index is 0.198. The molecule has 0 aromatic carbocycles. The lowest BCUT2D eigenvalue weighted by Crippen LogP contribution is -2.53. The fourth-order valence-corrected chi connectivity index (χ4v) is 2.32. The molecule has 0 saturated carbocycles. The molecule has 0 radical (unpaired) electrons. The molecule has 0 heterocycles. The van der Waals surface area contributed by atoms with Crippen LogP contribution < -0.4 is 10.6 Å². The van der Waals surface area contributed by atoms with Crippen molar-refractivity contribution < 1.29 is 34.0 Å². The highest BCUT2D eigenvalue weighted by Crippen LogP contribution is 2.10. The van der Waals surface area contributed by atoms with E-state index < -0.39 is 37.0 Å². The molecule has 0 aliphatic heterocycles. The van der Waals surface area contributed by atoms with Gasteiger partial charge in [0.25, 0.3) is 0 Å². The molecule has 9 heteroatoms. The molecule has 4 atom stereocenters.